The van der Waals surface area contributed by atoms with Gasteiger partial charge >= 0.3 is 0 Å². The van der Waals surface area contributed by atoms with Crippen LogP contribution in [-0.4, -0.2) is 17.8 Å². The number of fused-ring (bicyclic) bond motifs is 3. The summed E-state index contributed by atoms with van der Waals surface area (Å²) in [4.78, 5) is -1.02. The summed E-state index contributed by atoms with van der Waals surface area (Å²) in [6, 6.07) is 16.3. The lowest BCUT2D eigenvalue weighted by Gasteiger charge is -2.12. The predicted octanol–water partition coefficient (Wildman–Crippen LogP) is 5.66. The number of benzene rings is 3. The van der Waals surface area contributed by atoms with Crippen LogP contribution in [0.5, 0.6) is 5.75 Å². The number of hydrogen-bond acceptors (Lipinski definition) is 3. The SMILES string of the molecule is Fc1c(F)c(OCNCCCn2c3ccccc3c3ccccc32)c(F)c(F)c1S. The molecule has 0 bridgehead atoms. The molecule has 0 radical (unpaired) electrons. The summed E-state index contributed by atoms with van der Waals surface area (Å²) in [5.74, 6) is -7.48. The van der Waals surface area contributed by atoms with Crippen LogP contribution in [0.2, 0.25) is 0 Å². The molecule has 8 heteroatoms. The van der Waals surface area contributed by atoms with Crippen molar-refractivity contribution >= 4 is 34.4 Å². The van der Waals surface area contributed by atoms with Crippen molar-refractivity contribution in [3.63, 3.8) is 0 Å². The van der Waals surface area contributed by atoms with Crippen molar-refractivity contribution in [3.8, 4) is 5.75 Å². The van der Waals surface area contributed by atoms with Gasteiger partial charge in [0.15, 0.2) is 17.4 Å². The first kappa shape index (κ1) is 20.6. The highest BCUT2D eigenvalue weighted by Crippen LogP contribution is 2.32. The maximum absolute atomic E-state index is 13.8. The largest absolute Gasteiger partial charge is 0.472 e. The monoisotopic (exact) mass is 434 g/mol. The van der Waals surface area contributed by atoms with Crippen LogP contribution in [0.1, 0.15) is 6.42 Å². The van der Waals surface area contributed by atoms with E-state index in [0.717, 1.165) is 11.0 Å². The first-order chi connectivity index (χ1) is 14.5. The van der Waals surface area contributed by atoms with E-state index in [1.165, 1.54) is 10.8 Å². The van der Waals surface area contributed by atoms with Gasteiger partial charge in [-0.05, 0) is 25.1 Å². The van der Waals surface area contributed by atoms with Gasteiger partial charge < -0.3 is 9.30 Å². The number of aromatic nitrogens is 1. The zero-order valence-electron chi connectivity index (χ0n) is 15.8. The van der Waals surface area contributed by atoms with E-state index in [1.807, 2.05) is 24.3 Å². The smallest absolute Gasteiger partial charge is 0.205 e. The fraction of sp³-hybridized carbons (Fsp3) is 0.182. The van der Waals surface area contributed by atoms with Gasteiger partial charge in [-0.2, -0.15) is 8.78 Å². The Morgan fingerprint density at radius 1 is 0.800 bits per heavy atom. The van der Waals surface area contributed by atoms with Gasteiger partial charge in [0.1, 0.15) is 6.73 Å². The summed E-state index contributed by atoms with van der Waals surface area (Å²) in [6.45, 7) is 0.882. The summed E-state index contributed by atoms with van der Waals surface area (Å²) in [6.07, 6.45) is 0.704. The normalized spacial score (nSPS) is 11.5. The van der Waals surface area contributed by atoms with E-state index in [4.69, 9.17) is 4.74 Å². The Bertz CT molecular complexity index is 1140. The molecule has 0 aliphatic heterocycles. The number of halogens is 4. The van der Waals surface area contributed by atoms with Gasteiger partial charge in [-0.3, -0.25) is 5.32 Å². The maximum Gasteiger partial charge on any atom is 0.205 e. The van der Waals surface area contributed by atoms with Crippen molar-refractivity contribution in [1.82, 2.24) is 9.88 Å². The molecule has 0 spiro atoms. The van der Waals surface area contributed by atoms with E-state index in [-0.39, 0.29) is 6.73 Å². The Hall–Kier alpha value is -2.71. The summed E-state index contributed by atoms with van der Waals surface area (Å²) < 4.78 is 61.7. The molecule has 1 heterocycles. The van der Waals surface area contributed by atoms with Crippen LogP contribution >= 0.6 is 12.6 Å². The van der Waals surface area contributed by atoms with Gasteiger partial charge in [0.2, 0.25) is 11.6 Å². The zero-order chi connectivity index (χ0) is 21.3. The molecule has 156 valence electrons. The highest BCUT2D eigenvalue weighted by atomic mass is 32.1. The molecule has 30 heavy (non-hydrogen) atoms. The molecule has 0 aliphatic carbocycles. The van der Waals surface area contributed by atoms with Crippen LogP contribution in [-0.2, 0) is 6.54 Å². The van der Waals surface area contributed by atoms with Crippen molar-refractivity contribution in [2.75, 3.05) is 13.3 Å². The molecular formula is C22H18F4N2OS. The molecule has 3 aromatic carbocycles. The van der Waals surface area contributed by atoms with Crippen molar-refractivity contribution in [3.05, 3.63) is 71.8 Å². The fourth-order valence-corrected chi connectivity index (χ4v) is 3.72. The third-order valence-corrected chi connectivity index (χ3v) is 5.33. The zero-order valence-corrected chi connectivity index (χ0v) is 16.7. The lowest BCUT2D eigenvalue weighted by Crippen LogP contribution is -2.23. The molecule has 0 amide bonds. The Morgan fingerprint density at radius 2 is 1.33 bits per heavy atom. The average molecular weight is 434 g/mol. The van der Waals surface area contributed by atoms with Crippen LogP contribution in [0, 0.1) is 23.3 Å². The summed E-state index contributed by atoms with van der Waals surface area (Å²) in [5.41, 5.74) is 2.24. The second-order valence-corrected chi connectivity index (χ2v) is 7.21. The van der Waals surface area contributed by atoms with Crippen molar-refractivity contribution < 1.29 is 22.3 Å². The number of nitrogens with zero attached hydrogens (tertiary/aromatic N) is 1. The summed E-state index contributed by atoms with van der Waals surface area (Å²) >= 11 is 3.41. The Balaban J connectivity index is 1.38. The number of hydrogen-bond donors (Lipinski definition) is 2. The summed E-state index contributed by atoms with van der Waals surface area (Å²) in [5, 5.41) is 5.21. The minimum Gasteiger partial charge on any atom is -0.472 e. The molecule has 4 aromatic rings. The van der Waals surface area contributed by atoms with Crippen LogP contribution in [0.15, 0.2) is 53.4 Å². The quantitative estimate of drug-likeness (QED) is 0.129. The Kier molecular flexibility index (Phi) is 5.87. The van der Waals surface area contributed by atoms with E-state index >= 15 is 0 Å². The van der Waals surface area contributed by atoms with E-state index in [9.17, 15) is 17.6 Å². The van der Waals surface area contributed by atoms with Gasteiger partial charge in [-0.25, -0.2) is 8.78 Å². The molecule has 0 saturated heterocycles. The fourth-order valence-electron chi connectivity index (χ4n) is 3.53. The van der Waals surface area contributed by atoms with Crippen molar-refractivity contribution in [2.45, 2.75) is 17.9 Å². The predicted molar refractivity (Wildman–Crippen MR) is 111 cm³/mol. The number of aryl methyl sites for hydroxylation is 1. The lowest BCUT2D eigenvalue weighted by molar-refractivity contribution is 0.244. The second kappa shape index (κ2) is 8.57. The van der Waals surface area contributed by atoms with Crippen molar-refractivity contribution in [1.29, 1.82) is 0 Å². The molecule has 3 nitrogen and oxygen atoms in total. The van der Waals surface area contributed by atoms with Gasteiger partial charge in [-0.1, -0.05) is 36.4 Å². The minimum atomic E-state index is -1.61. The Labute approximate surface area is 175 Å². The molecular weight excluding hydrogens is 416 g/mol. The van der Waals surface area contributed by atoms with Crippen molar-refractivity contribution in [2.24, 2.45) is 0 Å². The number of para-hydroxylation sites is 2. The minimum absolute atomic E-state index is 0.300. The van der Waals surface area contributed by atoms with Crippen LogP contribution in [0.3, 0.4) is 0 Å². The number of rotatable bonds is 7. The maximum atomic E-state index is 13.8. The highest BCUT2D eigenvalue weighted by Gasteiger charge is 2.24. The van der Waals surface area contributed by atoms with E-state index in [0.29, 0.717) is 19.5 Å². The first-order valence-corrected chi connectivity index (χ1v) is 9.79. The number of thiol groups is 1. The number of ether oxygens (including phenoxy) is 1. The third-order valence-electron chi connectivity index (χ3n) is 4.93. The molecule has 0 atom stereocenters. The lowest BCUT2D eigenvalue weighted by atomic mass is 10.2. The standard InChI is InChI=1S/C22H18F4N2OS/c23-17-19(25)22(30)20(26)18(24)21(17)29-12-27-10-5-11-28-15-8-3-1-6-13(15)14-7-2-4-9-16(14)28/h1-4,6-9,27,30H,5,10-12H2. The molecule has 0 saturated carbocycles. The summed E-state index contributed by atoms with van der Waals surface area (Å²) in [7, 11) is 0. The number of nitrogens with one attached hydrogen (secondary N) is 1. The van der Waals surface area contributed by atoms with E-state index in [1.54, 1.807) is 0 Å². The first-order valence-electron chi connectivity index (χ1n) is 9.35. The average Bonchev–Trinajstić information content (AvgIpc) is 3.09. The molecule has 1 aromatic heterocycles. The van der Waals surface area contributed by atoms with Gasteiger partial charge in [-0.15, -0.1) is 12.6 Å². The van der Waals surface area contributed by atoms with Crippen LogP contribution in [0.25, 0.3) is 21.8 Å². The molecule has 4 rings (SSSR count). The van der Waals surface area contributed by atoms with Gasteiger partial charge in [0.05, 0.1) is 4.90 Å². The molecule has 1 N–H and O–H groups in total. The molecule has 0 aliphatic rings. The highest BCUT2D eigenvalue weighted by molar-refractivity contribution is 7.80. The molecule has 0 fully saturated rings. The Morgan fingerprint density at radius 3 is 1.90 bits per heavy atom. The van der Waals surface area contributed by atoms with Gasteiger partial charge in [0.25, 0.3) is 0 Å². The van der Waals surface area contributed by atoms with E-state index in [2.05, 4.69) is 46.8 Å². The van der Waals surface area contributed by atoms with E-state index < -0.39 is 33.9 Å². The third kappa shape index (κ3) is 3.61. The van der Waals surface area contributed by atoms with Gasteiger partial charge in [0, 0.05) is 28.4 Å². The van der Waals surface area contributed by atoms with Crippen LogP contribution in [0.4, 0.5) is 17.6 Å². The van der Waals surface area contributed by atoms with Crippen LogP contribution < -0.4 is 10.1 Å². The molecule has 0 unspecified atom stereocenters. The topological polar surface area (TPSA) is 26.2 Å². The second-order valence-electron chi connectivity index (χ2n) is 6.76.